The number of aryl methyl sites for hydroxylation is 1. The SMILES string of the molecule is CCCCCCCCCc1ccc(-c2ccc(-c3ccc(C4CCC(CCCCC)OC4)c(F)c3)cc2)c(F)c1F. The van der Waals surface area contributed by atoms with Gasteiger partial charge >= 0.3 is 0 Å². The van der Waals surface area contributed by atoms with E-state index in [-0.39, 0.29) is 17.3 Å². The molecular weight excluding hydrogens is 517 g/mol. The maximum absolute atomic E-state index is 15.2. The minimum atomic E-state index is -0.795. The van der Waals surface area contributed by atoms with Crippen molar-refractivity contribution in [1.29, 1.82) is 0 Å². The molecule has 0 amide bonds. The molecule has 0 bridgehead atoms. The van der Waals surface area contributed by atoms with E-state index in [0.717, 1.165) is 49.7 Å². The van der Waals surface area contributed by atoms with E-state index in [1.807, 2.05) is 24.3 Å². The summed E-state index contributed by atoms with van der Waals surface area (Å²) >= 11 is 0. The second kappa shape index (κ2) is 16.2. The van der Waals surface area contributed by atoms with Gasteiger partial charge in [-0.25, -0.2) is 13.2 Å². The third-order valence-electron chi connectivity index (χ3n) is 8.68. The van der Waals surface area contributed by atoms with Crippen molar-refractivity contribution in [3.63, 3.8) is 0 Å². The Balaban J connectivity index is 1.34. The fraction of sp³-hybridized carbons (Fsp3) is 0.514. The van der Waals surface area contributed by atoms with Crippen LogP contribution in [-0.2, 0) is 11.2 Å². The van der Waals surface area contributed by atoms with Crippen molar-refractivity contribution in [3.05, 3.63) is 83.2 Å². The molecule has 0 aromatic heterocycles. The predicted molar refractivity (Wildman–Crippen MR) is 165 cm³/mol. The molecule has 1 aliphatic heterocycles. The first-order valence-electron chi connectivity index (χ1n) is 16.0. The Hall–Kier alpha value is -2.59. The van der Waals surface area contributed by atoms with Gasteiger partial charge in [0.2, 0.25) is 0 Å². The lowest BCUT2D eigenvalue weighted by atomic mass is 9.88. The highest BCUT2D eigenvalue weighted by Crippen LogP contribution is 2.34. The first-order chi connectivity index (χ1) is 20.0. The Morgan fingerprint density at radius 3 is 2.00 bits per heavy atom. The largest absolute Gasteiger partial charge is 0.378 e. The van der Waals surface area contributed by atoms with Crippen LogP contribution in [0.15, 0.2) is 54.6 Å². The van der Waals surface area contributed by atoms with E-state index < -0.39 is 11.6 Å². The number of rotatable bonds is 15. The molecule has 3 aromatic rings. The van der Waals surface area contributed by atoms with Crippen LogP contribution in [0.4, 0.5) is 13.2 Å². The first kappa shape index (κ1) is 31.3. The number of benzene rings is 3. The summed E-state index contributed by atoms with van der Waals surface area (Å²) in [6.07, 6.45) is 15.5. The van der Waals surface area contributed by atoms with Crippen LogP contribution in [-0.4, -0.2) is 12.7 Å². The van der Waals surface area contributed by atoms with Gasteiger partial charge in [0.15, 0.2) is 11.6 Å². The summed E-state index contributed by atoms with van der Waals surface area (Å²) in [5, 5.41) is 0. The highest BCUT2D eigenvalue weighted by atomic mass is 19.2. The van der Waals surface area contributed by atoms with Crippen LogP contribution in [0.5, 0.6) is 0 Å². The number of ether oxygens (including phenoxy) is 1. The summed E-state index contributed by atoms with van der Waals surface area (Å²) in [4.78, 5) is 0. The van der Waals surface area contributed by atoms with Gasteiger partial charge < -0.3 is 4.74 Å². The average molecular weight is 565 g/mol. The molecule has 0 radical (unpaired) electrons. The minimum Gasteiger partial charge on any atom is -0.378 e. The molecule has 2 unspecified atom stereocenters. The van der Waals surface area contributed by atoms with Crippen LogP contribution >= 0.6 is 0 Å². The van der Waals surface area contributed by atoms with Gasteiger partial charge in [0, 0.05) is 11.5 Å². The normalized spacial score (nSPS) is 17.2. The molecule has 1 aliphatic rings. The fourth-order valence-corrected chi connectivity index (χ4v) is 6.06. The Kier molecular flexibility index (Phi) is 12.4. The maximum Gasteiger partial charge on any atom is 0.166 e. The molecule has 1 nitrogen and oxygen atoms in total. The van der Waals surface area contributed by atoms with Gasteiger partial charge in [0.1, 0.15) is 5.82 Å². The lowest BCUT2D eigenvalue weighted by Crippen LogP contribution is -2.25. The monoisotopic (exact) mass is 564 g/mol. The second-order valence-corrected chi connectivity index (χ2v) is 11.8. The molecule has 1 heterocycles. The third-order valence-corrected chi connectivity index (χ3v) is 8.68. The summed E-state index contributed by atoms with van der Waals surface area (Å²) < 4.78 is 51.1. The molecule has 4 heteroatoms. The van der Waals surface area contributed by atoms with Crippen molar-refractivity contribution < 1.29 is 17.9 Å². The number of hydrogen-bond acceptors (Lipinski definition) is 1. The van der Waals surface area contributed by atoms with Gasteiger partial charge in [-0.2, -0.15) is 0 Å². The van der Waals surface area contributed by atoms with Crippen molar-refractivity contribution in [2.45, 2.75) is 116 Å². The first-order valence-corrected chi connectivity index (χ1v) is 16.0. The molecule has 4 rings (SSSR count). The molecule has 222 valence electrons. The van der Waals surface area contributed by atoms with E-state index in [2.05, 4.69) is 13.8 Å². The Labute approximate surface area is 245 Å². The standard InChI is InChI=1S/C37H47F3O/c1-3-5-7-8-9-10-12-13-29-20-24-34(37(40)36(29)39)28-17-15-27(16-18-28)30-21-23-33(35(38)25-30)31-19-22-32(41-26-31)14-11-6-4-2/h15-18,20-21,23-25,31-32H,3-14,19,22,26H2,1-2H3. The number of halogens is 3. The summed E-state index contributed by atoms with van der Waals surface area (Å²) in [5.74, 6) is -1.67. The highest BCUT2D eigenvalue weighted by molar-refractivity contribution is 5.71. The maximum atomic E-state index is 15.2. The van der Waals surface area contributed by atoms with Crippen molar-refractivity contribution >= 4 is 0 Å². The van der Waals surface area contributed by atoms with E-state index in [1.54, 1.807) is 30.3 Å². The predicted octanol–water partition coefficient (Wildman–Crippen LogP) is 11.6. The van der Waals surface area contributed by atoms with Gasteiger partial charge in [0.05, 0.1) is 12.7 Å². The van der Waals surface area contributed by atoms with E-state index >= 15 is 8.78 Å². The molecule has 0 aliphatic carbocycles. The molecule has 1 saturated heterocycles. The Morgan fingerprint density at radius 2 is 1.32 bits per heavy atom. The zero-order valence-corrected chi connectivity index (χ0v) is 25.0. The van der Waals surface area contributed by atoms with E-state index in [4.69, 9.17) is 4.74 Å². The van der Waals surface area contributed by atoms with Crippen molar-refractivity contribution in [2.24, 2.45) is 0 Å². The molecule has 41 heavy (non-hydrogen) atoms. The smallest absolute Gasteiger partial charge is 0.166 e. The zero-order chi connectivity index (χ0) is 29.0. The molecule has 3 aromatic carbocycles. The molecular formula is C37H47F3O. The third kappa shape index (κ3) is 8.70. The van der Waals surface area contributed by atoms with E-state index in [1.165, 1.54) is 44.9 Å². The van der Waals surface area contributed by atoms with Crippen LogP contribution in [0.2, 0.25) is 0 Å². The summed E-state index contributed by atoms with van der Waals surface area (Å²) in [6.45, 7) is 4.98. The lowest BCUT2D eigenvalue weighted by molar-refractivity contribution is -0.00267. The van der Waals surface area contributed by atoms with Gasteiger partial charge in [-0.15, -0.1) is 0 Å². The van der Waals surface area contributed by atoms with Crippen LogP contribution in [0.3, 0.4) is 0 Å². The Bertz CT molecular complexity index is 1210. The Morgan fingerprint density at radius 1 is 0.659 bits per heavy atom. The van der Waals surface area contributed by atoms with Gasteiger partial charge in [-0.1, -0.05) is 120 Å². The number of hydrogen-bond donors (Lipinski definition) is 0. The number of unbranched alkanes of at least 4 members (excludes halogenated alkanes) is 8. The quantitative estimate of drug-likeness (QED) is 0.167. The fourth-order valence-electron chi connectivity index (χ4n) is 6.06. The van der Waals surface area contributed by atoms with Crippen LogP contribution < -0.4 is 0 Å². The van der Waals surface area contributed by atoms with Crippen molar-refractivity contribution in [1.82, 2.24) is 0 Å². The minimum absolute atomic E-state index is 0.0838. The summed E-state index contributed by atoms with van der Waals surface area (Å²) in [6, 6.07) is 16.1. The lowest BCUT2D eigenvalue weighted by Gasteiger charge is -2.29. The molecule has 0 saturated carbocycles. The van der Waals surface area contributed by atoms with Crippen molar-refractivity contribution in [3.8, 4) is 22.3 Å². The zero-order valence-electron chi connectivity index (χ0n) is 25.0. The van der Waals surface area contributed by atoms with Gasteiger partial charge in [-0.05, 0) is 66.0 Å². The van der Waals surface area contributed by atoms with Crippen LogP contribution in [0.1, 0.15) is 114 Å². The second-order valence-electron chi connectivity index (χ2n) is 11.8. The molecule has 1 fully saturated rings. The van der Waals surface area contributed by atoms with Crippen molar-refractivity contribution in [2.75, 3.05) is 6.61 Å². The average Bonchev–Trinajstić information content (AvgIpc) is 2.99. The van der Waals surface area contributed by atoms with Gasteiger partial charge in [0.25, 0.3) is 0 Å². The molecule has 0 spiro atoms. The van der Waals surface area contributed by atoms with Crippen LogP contribution in [0.25, 0.3) is 22.3 Å². The summed E-state index contributed by atoms with van der Waals surface area (Å²) in [5.41, 5.74) is 3.63. The van der Waals surface area contributed by atoms with Crippen LogP contribution in [0, 0.1) is 17.5 Å². The van der Waals surface area contributed by atoms with E-state index in [0.29, 0.717) is 35.8 Å². The summed E-state index contributed by atoms with van der Waals surface area (Å²) in [7, 11) is 0. The van der Waals surface area contributed by atoms with E-state index in [9.17, 15) is 4.39 Å². The highest BCUT2D eigenvalue weighted by Gasteiger charge is 2.25. The topological polar surface area (TPSA) is 9.23 Å². The molecule has 0 N–H and O–H groups in total. The molecule has 2 atom stereocenters. The van der Waals surface area contributed by atoms with Gasteiger partial charge in [-0.3, -0.25) is 0 Å².